The van der Waals surface area contributed by atoms with Gasteiger partial charge < -0.3 is 20.1 Å². The van der Waals surface area contributed by atoms with Gasteiger partial charge in [-0.05, 0) is 55.0 Å². The van der Waals surface area contributed by atoms with Crippen LogP contribution in [0.3, 0.4) is 0 Å². The van der Waals surface area contributed by atoms with E-state index in [2.05, 4.69) is 15.4 Å². The average Bonchev–Trinajstić information content (AvgIpc) is 2.50. The number of benzene rings is 2. The predicted molar refractivity (Wildman–Crippen MR) is 90.7 cm³/mol. The van der Waals surface area contributed by atoms with E-state index in [4.69, 9.17) is 17.0 Å². The molecule has 24 heavy (non-hydrogen) atoms. The Morgan fingerprint density at radius 2 is 1.62 bits per heavy atom. The molecule has 0 aliphatic rings. The van der Waals surface area contributed by atoms with E-state index < -0.39 is 6.36 Å². The number of alkyl halides is 3. The van der Waals surface area contributed by atoms with Crippen LogP contribution in [0.1, 0.15) is 5.56 Å². The number of anilines is 2. The maximum atomic E-state index is 12.1. The Morgan fingerprint density at radius 1 is 1.00 bits per heavy atom. The van der Waals surface area contributed by atoms with Crippen molar-refractivity contribution in [2.75, 3.05) is 17.7 Å². The van der Waals surface area contributed by atoms with Gasteiger partial charge in [-0.1, -0.05) is 6.07 Å². The Bertz CT molecular complexity index is 718. The zero-order valence-corrected chi connectivity index (χ0v) is 13.7. The van der Waals surface area contributed by atoms with Crippen molar-refractivity contribution >= 4 is 28.7 Å². The minimum atomic E-state index is -4.71. The Balaban J connectivity index is 2.00. The van der Waals surface area contributed by atoms with Gasteiger partial charge in [0, 0.05) is 17.4 Å². The minimum Gasteiger partial charge on any atom is -0.497 e. The first-order valence-electron chi connectivity index (χ1n) is 6.85. The third kappa shape index (κ3) is 5.31. The van der Waals surface area contributed by atoms with Gasteiger partial charge in [0.25, 0.3) is 0 Å². The van der Waals surface area contributed by atoms with Crippen molar-refractivity contribution in [2.45, 2.75) is 13.3 Å². The number of hydrogen-bond acceptors (Lipinski definition) is 3. The summed E-state index contributed by atoms with van der Waals surface area (Å²) in [4.78, 5) is 0. The van der Waals surface area contributed by atoms with Crippen LogP contribution in [-0.2, 0) is 0 Å². The van der Waals surface area contributed by atoms with Crippen LogP contribution in [0, 0.1) is 6.92 Å². The summed E-state index contributed by atoms with van der Waals surface area (Å²) in [6, 6.07) is 10.8. The van der Waals surface area contributed by atoms with Crippen LogP contribution in [0.4, 0.5) is 24.5 Å². The van der Waals surface area contributed by atoms with Crippen molar-refractivity contribution in [3.8, 4) is 11.5 Å². The molecule has 4 nitrogen and oxygen atoms in total. The molecule has 0 heterocycles. The van der Waals surface area contributed by atoms with Crippen LogP contribution < -0.4 is 20.1 Å². The number of aryl methyl sites for hydroxylation is 1. The Kier molecular flexibility index (Phi) is 5.50. The summed E-state index contributed by atoms with van der Waals surface area (Å²) < 4.78 is 45.3. The smallest absolute Gasteiger partial charge is 0.497 e. The molecule has 0 amide bonds. The number of thiocarbonyl (C=S) groups is 1. The molecule has 2 aromatic carbocycles. The highest BCUT2D eigenvalue weighted by atomic mass is 32.1. The molecule has 0 spiro atoms. The number of halogens is 3. The van der Waals surface area contributed by atoms with Gasteiger partial charge in [-0.2, -0.15) is 0 Å². The standard InChI is InChI=1S/C16H15F3N2O2S/c1-10-3-6-13(22-2)9-14(10)21-15(24)20-11-4-7-12(8-5-11)23-16(17,18)19/h3-9H,1-2H3,(H2,20,21,24). The molecular formula is C16H15F3N2O2S. The maximum absolute atomic E-state index is 12.1. The summed E-state index contributed by atoms with van der Waals surface area (Å²) in [5.41, 5.74) is 2.26. The normalized spacial score (nSPS) is 10.9. The summed E-state index contributed by atoms with van der Waals surface area (Å²) >= 11 is 5.20. The largest absolute Gasteiger partial charge is 0.573 e. The molecule has 0 aliphatic carbocycles. The lowest BCUT2D eigenvalue weighted by atomic mass is 10.2. The lowest BCUT2D eigenvalue weighted by Crippen LogP contribution is -2.20. The topological polar surface area (TPSA) is 42.5 Å². The second kappa shape index (κ2) is 7.39. The fourth-order valence-electron chi connectivity index (χ4n) is 1.89. The van der Waals surface area contributed by atoms with Crippen molar-refractivity contribution in [2.24, 2.45) is 0 Å². The number of rotatable bonds is 4. The van der Waals surface area contributed by atoms with Crippen molar-refractivity contribution in [1.82, 2.24) is 0 Å². The summed E-state index contributed by atoms with van der Waals surface area (Å²) in [6.45, 7) is 1.91. The average molecular weight is 356 g/mol. The van der Waals surface area contributed by atoms with E-state index in [1.807, 2.05) is 19.1 Å². The van der Waals surface area contributed by atoms with Gasteiger partial charge in [-0.15, -0.1) is 13.2 Å². The van der Waals surface area contributed by atoms with E-state index in [0.29, 0.717) is 16.5 Å². The Hall–Kier alpha value is -2.48. The Labute approximate surface area is 142 Å². The fraction of sp³-hybridized carbons (Fsp3) is 0.188. The highest BCUT2D eigenvalue weighted by Crippen LogP contribution is 2.25. The molecular weight excluding hydrogens is 341 g/mol. The van der Waals surface area contributed by atoms with Crippen molar-refractivity contribution in [3.05, 3.63) is 48.0 Å². The molecule has 0 bridgehead atoms. The quantitative estimate of drug-likeness (QED) is 0.777. The number of ether oxygens (including phenoxy) is 2. The summed E-state index contributed by atoms with van der Waals surface area (Å²) in [6.07, 6.45) is -4.71. The van der Waals surface area contributed by atoms with Crippen LogP contribution in [0.5, 0.6) is 11.5 Å². The van der Waals surface area contributed by atoms with Crippen molar-refractivity contribution in [3.63, 3.8) is 0 Å². The van der Waals surface area contributed by atoms with Gasteiger partial charge in [-0.3, -0.25) is 0 Å². The molecule has 0 aliphatic heterocycles. The monoisotopic (exact) mass is 356 g/mol. The van der Waals surface area contributed by atoms with Crippen LogP contribution >= 0.6 is 12.2 Å². The first-order chi connectivity index (χ1) is 11.3. The van der Waals surface area contributed by atoms with E-state index in [0.717, 1.165) is 11.3 Å². The molecule has 0 fully saturated rings. The summed E-state index contributed by atoms with van der Waals surface area (Å²) in [5, 5.41) is 6.20. The molecule has 2 N–H and O–H groups in total. The van der Waals surface area contributed by atoms with Gasteiger partial charge in [0.15, 0.2) is 5.11 Å². The molecule has 2 aromatic rings. The van der Waals surface area contributed by atoms with Gasteiger partial charge in [-0.25, -0.2) is 0 Å². The number of nitrogens with one attached hydrogen (secondary N) is 2. The van der Waals surface area contributed by atoms with Crippen LogP contribution in [0.2, 0.25) is 0 Å². The molecule has 0 atom stereocenters. The zero-order chi connectivity index (χ0) is 17.7. The second-order valence-corrected chi connectivity index (χ2v) is 5.24. The predicted octanol–water partition coefficient (Wildman–Crippen LogP) is 4.71. The SMILES string of the molecule is COc1ccc(C)c(NC(=S)Nc2ccc(OC(F)(F)F)cc2)c1. The van der Waals surface area contributed by atoms with E-state index in [1.54, 1.807) is 13.2 Å². The maximum Gasteiger partial charge on any atom is 0.573 e. The van der Waals surface area contributed by atoms with Crippen molar-refractivity contribution in [1.29, 1.82) is 0 Å². The minimum absolute atomic E-state index is 0.296. The lowest BCUT2D eigenvalue weighted by Gasteiger charge is -2.14. The zero-order valence-electron chi connectivity index (χ0n) is 12.9. The highest BCUT2D eigenvalue weighted by molar-refractivity contribution is 7.80. The molecule has 8 heteroatoms. The molecule has 0 aromatic heterocycles. The molecule has 0 saturated heterocycles. The van der Waals surface area contributed by atoms with Crippen molar-refractivity contribution < 1.29 is 22.6 Å². The molecule has 0 radical (unpaired) electrons. The molecule has 2 rings (SSSR count). The molecule has 0 saturated carbocycles. The highest BCUT2D eigenvalue weighted by Gasteiger charge is 2.30. The first kappa shape index (κ1) is 17.9. The molecule has 128 valence electrons. The van der Waals surface area contributed by atoms with Crippen LogP contribution in [-0.4, -0.2) is 18.6 Å². The summed E-state index contributed by atoms with van der Waals surface area (Å²) in [5.74, 6) is 0.384. The second-order valence-electron chi connectivity index (χ2n) is 4.83. The lowest BCUT2D eigenvalue weighted by molar-refractivity contribution is -0.274. The van der Waals surface area contributed by atoms with Gasteiger partial charge in [0.05, 0.1) is 7.11 Å². The Morgan fingerprint density at radius 3 is 2.21 bits per heavy atom. The van der Waals surface area contributed by atoms with E-state index in [-0.39, 0.29) is 5.75 Å². The number of methoxy groups -OCH3 is 1. The van der Waals surface area contributed by atoms with Gasteiger partial charge in [0.2, 0.25) is 0 Å². The summed E-state index contributed by atoms with van der Waals surface area (Å²) in [7, 11) is 1.57. The van der Waals surface area contributed by atoms with Gasteiger partial charge >= 0.3 is 6.36 Å². The van der Waals surface area contributed by atoms with E-state index in [1.165, 1.54) is 24.3 Å². The fourth-order valence-corrected chi connectivity index (χ4v) is 2.12. The van der Waals surface area contributed by atoms with E-state index in [9.17, 15) is 13.2 Å². The van der Waals surface area contributed by atoms with E-state index >= 15 is 0 Å². The van der Waals surface area contributed by atoms with Crippen LogP contribution in [0.15, 0.2) is 42.5 Å². The van der Waals surface area contributed by atoms with Gasteiger partial charge in [0.1, 0.15) is 11.5 Å². The third-order valence-electron chi connectivity index (χ3n) is 3.04. The van der Waals surface area contributed by atoms with Crippen LogP contribution in [0.25, 0.3) is 0 Å². The third-order valence-corrected chi connectivity index (χ3v) is 3.24. The first-order valence-corrected chi connectivity index (χ1v) is 7.26. The molecule has 0 unspecified atom stereocenters. The number of hydrogen-bond donors (Lipinski definition) is 2.